The molecule has 1 aromatic carbocycles. The molecule has 3 rings (SSSR count). The van der Waals surface area contributed by atoms with Crippen LogP contribution in [0.3, 0.4) is 0 Å². The van der Waals surface area contributed by atoms with Gasteiger partial charge in [-0.2, -0.15) is 5.10 Å². The second-order valence-electron chi connectivity index (χ2n) is 7.51. The first-order chi connectivity index (χ1) is 14.0. The number of nitrogens with zero attached hydrogens (tertiary/aromatic N) is 3. The lowest BCUT2D eigenvalue weighted by atomic mass is 10.2. The van der Waals surface area contributed by atoms with Crippen LogP contribution in [-0.2, 0) is 17.9 Å². The van der Waals surface area contributed by atoms with Gasteiger partial charge < -0.3 is 16.0 Å². The molecular formula is C21H30N6O2. The van der Waals surface area contributed by atoms with Crippen LogP contribution in [0.4, 0.5) is 4.79 Å². The topological polar surface area (TPSA) is 91.3 Å². The van der Waals surface area contributed by atoms with Crippen molar-refractivity contribution >= 4 is 11.9 Å². The van der Waals surface area contributed by atoms with Crippen molar-refractivity contribution in [3.63, 3.8) is 0 Å². The zero-order chi connectivity index (χ0) is 20.8. The van der Waals surface area contributed by atoms with Gasteiger partial charge in [-0.3, -0.25) is 14.4 Å². The fraction of sp³-hybridized carbons (Fsp3) is 0.476. The molecule has 0 aliphatic carbocycles. The molecule has 1 aliphatic rings. The van der Waals surface area contributed by atoms with E-state index in [1.54, 1.807) is 7.05 Å². The van der Waals surface area contributed by atoms with Crippen LogP contribution in [0.2, 0.25) is 0 Å². The highest BCUT2D eigenvalue weighted by Gasteiger charge is 2.25. The third kappa shape index (κ3) is 5.57. The lowest BCUT2D eigenvalue weighted by Gasteiger charge is -2.16. The molecule has 8 nitrogen and oxygen atoms in total. The number of aryl methyl sites for hydroxylation is 1. The van der Waals surface area contributed by atoms with E-state index in [2.05, 4.69) is 38.1 Å². The molecule has 1 saturated heterocycles. The number of carbonyl (C=O) groups is 2. The van der Waals surface area contributed by atoms with E-state index in [4.69, 9.17) is 0 Å². The van der Waals surface area contributed by atoms with E-state index in [-0.39, 0.29) is 18.0 Å². The highest BCUT2D eigenvalue weighted by molar-refractivity contribution is 5.78. The molecule has 0 radical (unpaired) electrons. The van der Waals surface area contributed by atoms with Crippen molar-refractivity contribution in [2.75, 3.05) is 26.7 Å². The average molecular weight is 399 g/mol. The average Bonchev–Trinajstić information content (AvgIpc) is 3.24. The molecule has 8 heteroatoms. The minimum Gasteiger partial charge on any atom is -0.351 e. The smallest absolute Gasteiger partial charge is 0.314 e. The number of carbonyl (C=O) groups excluding carboxylic acids is 2. The summed E-state index contributed by atoms with van der Waals surface area (Å²) < 4.78 is 1.99. The summed E-state index contributed by atoms with van der Waals surface area (Å²) >= 11 is 0. The molecule has 2 aromatic rings. The number of aromatic nitrogens is 2. The van der Waals surface area contributed by atoms with Gasteiger partial charge >= 0.3 is 6.03 Å². The van der Waals surface area contributed by atoms with Crippen molar-refractivity contribution < 1.29 is 9.59 Å². The highest BCUT2D eigenvalue weighted by Crippen LogP contribution is 2.15. The summed E-state index contributed by atoms with van der Waals surface area (Å²) in [5.74, 6) is -0.0137. The van der Waals surface area contributed by atoms with Crippen molar-refractivity contribution in [1.82, 2.24) is 30.6 Å². The van der Waals surface area contributed by atoms with Crippen molar-refractivity contribution in [1.29, 1.82) is 0 Å². The maximum absolute atomic E-state index is 12.4. The van der Waals surface area contributed by atoms with Crippen LogP contribution in [0.5, 0.6) is 0 Å². The van der Waals surface area contributed by atoms with Crippen LogP contribution in [0.25, 0.3) is 0 Å². The molecule has 1 atom stereocenters. The van der Waals surface area contributed by atoms with Crippen molar-refractivity contribution in [2.24, 2.45) is 0 Å². The predicted molar refractivity (Wildman–Crippen MR) is 112 cm³/mol. The largest absolute Gasteiger partial charge is 0.351 e. The number of benzene rings is 1. The fourth-order valence-corrected chi connectivity index (χ4v) is 3.70. The standard InChI is InChI=1S/C21H30N6O2/c1-15-19(16(2)27(25-15)12-17-7-5-4-6-8-17)11-23-20(28)14-26-10-9-18(13-26)24-21(29)22-3/h4-8,18H,9-14H2,1-3H3,(H,23,28)(H2,22,24,29)/t18-/m0/s1. The SMILES string of the molecule is CNC(=O)N[C@H]1CCN(CC(=O)NCc2c(C)nn(Cc3ccccc3)c2C)C1. The van der Waals surface area contributed by atoms with Crippen LogP contribution < -0.4 is 16.0 Å². The Balaban J connectivity index is 1.50. The second kappa shape index (κ2) is 9.56. The summed E-state index contributed by atoms with van der Waals surface area (Å²) in [7, 11) is 1.60. The third-order valence-corrected chi connectivity index (χ3v) is 5.37. The van der Waals surface area contributed by atoms with Crippen LogP contribution in [0, 0.1) is 13.8 Å². The molecule has 2 heterocycles. The summed E-state index contributed by atoms with van der Waals surface area (Å²) in [5, 5.41) is 13.1. The van der Waals surface area contributed by atoms with E-state index in [1.165, 1.54) is 5.56 Å². The van der Waals surface area contributed by atoms with Gasteiger partial charge in [-0.25, -0.2) is 4.79 Å². The lowest BCUT2D eigenvalue weighted by Crippen LogP contribution is -2.43. The molecule has 1 aliphatic heterocycles. The first-order valence-electron chi connectivity index (χ1n) is 10.0. The number of amides is 3. The van der Waals surface area contributed by atoms with Crippen molar-refractivity contribution in [3.8, 4) is 0 Å². The van der Waals surface area contributed by atoms with Gasteiger partial charge in [0.15, 0.2) is 0 Å². The van der Waals surface area contributed by atoms with E-state index in [0.29, 0.717) is 19.6 Å². The Morgan fingerprint density at radius 2 is 1.97 bits per heavy atom. The monoisotopic (exact) mass is 398 g/mol. The minimum absolute atomic E-state index is 0.0137. The summed E-state index contributed by atoms with van der Waals surface area (Å²) in [6, 6.07) is 10.1. The molecule has 0 saturated carbocycles. The number of rotatable bonds is 7. The van der Waals surface area contributed by atoms with Gasteiger partial charge in [0.1, 0.15) is 0 Å². The van der Waals surface area contributed by atoms with Gasteiger partial charge in [-0.15, -0.1) is 0 Å². The molecule has 0 spiro atoms. The first-order valence-corrected chi connectivity index (χ1v) is 10.0. The molecular weight excluding hydrogens is 368 g/mol. The zero-order valence-electron chi connectivity index (χ0n) is 17.4. The Kier molecular flexibility index (Phi) is 6.87. The Morgan fingerprint density at radius 3 is 2.69 bits per heavy atom. The van der Waals surface area contributed by atoms with E-state index < -0.39 is 0 Å². The van der Waals surface area contributed by atoms with Crippen LogP contribution >= 0.6 is 0 Å². The normalized spacial score (nSPS) is 16.6. The third-order valence-electron chi connectivity index (χ3n) is 5.37. The van der Waals surface area contributed by atoms with Gasteiger partial charge in [0, 0.05) is 44.0 Å². The van der Waals surface area contributed by atoms with Gasteiger partial charge in [-0.1, -0.05) is 30.3 Å². The lowest BCUT2D eigenvalue weighted by molar-refractivity contribution is -0.122. The first kappa shape index (κ1) is 20.9. The summed E-state index contributed by atoms with van der Waals surface area (Å²) in [4.78, 5) is 25.9. The Morgan fingerprint density at radius 1 is 1.21 bits per heavy atom. The molecule has 3 N–H and O–H groups in total. The van der Waals surface area contributed by atoms with Crippen LogP contribution in [0.1, 0.15) is 28.9 Å². The molecule has 0 bridgehead atoms. The minimum atomic E-state index is -0.181. The molecule has 0 unspecified atom stereocenters. The van der Waals surface area contributed by atoms with Gasteiger partial charge in [0.2, 0.25) is 5.91 Å². The van der Waals surface area contributed by atoms with Gasteiger partial charge in [0.25, 0.3) is 0 Å². The number of hydrogen-bond donors (Lipinski definition) is 3. The van der Waals surface area contributed by atoms with Crippen LogP contribution in [-0.4, -0.2) is 59.3 Å². The number of likely N-dealkylation sites (tertiary alicyclic amines) is 1. The maximum Gasteiger partial charge on any atom is 0.314 e. The molecule has 156 valence electrons. The van der Waals surface area contributed by atoms with E-state index >= 15 is 0 Å². The maximum atomic E-state index is 12.4. The summed E-state index contributed by atoms with van der Waals surface area (Å²) in [6.45, 7) is 7.03. The van der Waals surface area contributed by atoms with Crippen molar-refractivity contribution in [3.05, 3.63) is 52.8 Å². The van der Waals surface area contributed by atoms with Crippen LogP contribution in [0.15, 0.2) is 30.3 Å². The number of urea groups is 1. The summed E-state index contributed by atoms with van der Waals surface area (Å²) in [6.07, 6.45) is 0.852. The van der Waals surface area contributed by atoms with Gasteiger partial charge in [0.05, 0.1) is 18.8 Å². The predicted octanol–water partition coefficient (Wildman–Crippen LogP) is 1.17. The molecule has 3 amide bonds. The fourth-order valence-electron chi connectivity index (χ4n) is 3.70. The summed E-state index contributed by atoms with van der Waals surface area (Å²) in [5.41, 5.74) is 4.27. The van der Waals surface area contributed by atoms with E-state index in [9.17, 15) is 9.59 Å². The van der Waals surface area contributed by atoms with E-state index in [1.807, 2.05) is 36.7 Å². The molecule has 1 fully saturated rings. The highest BCUT2D eigenvalue weighted by atomic mass is 16.2. The quantitative estimate of drug-likeness (QED) is 0.653. The second-order valence-corrected chi connectivity index (χ2v) is 7.51. The van der Waals surface area contributed by atoms with Crippen molar-refractivity contribution in [2.45, 2.75) is 39.4 Å². The Hall–Kier alpha value is -2.87. The molecule has 29 heavy (non-hydrogen) atoms. The van der Waals surface area contributed by atoms with E-state index in [0.717, 1.165) is 36.5 Å². The molecule has 1 aromatic heterocycles. The number of hydrogen-bond acceptors (Lipinski definition) is 4. The zero-order valence-corrected chi connectivity index (χ0v) is 17.4. The Bertz CT molecular complexity index is 848. The Labute approximate surface area is 171 Å². The van der Waals surface area contributed by atoms with Gasteiger partial charge in [-0.05, 0) is 25.8 Å². The number of nitrogens with one attached hydrogen (secondary N) is 3.